The monoisotopic (exact) mass is 413 g/mol. The van der Waals surface area contributed by atoms with Crippen molar-refractivity contribution in [2.75, 3.05) is 25.0 Å². The second-order valence-electron chi connectivity index (χ2n) is 7.00. The lowest BCUT2D eigenvalue weighted by atomic mass is 9.96. The van der Waals surface area contributed by atoms with E-state index in [9.17, 15) is 14.4 Å². The molecule has 0 bridgehead atoms. The fourth-order valence-electron chi connectivity index (χ4n) is 3.42. The molecule has 1 saturated heterocycles. The number of halogens is 1. The third-order valence-electron chi connectivity index (χ3n) is 4.94. The molecule has 6 nitrogen and oxygen atoms in total. The van der Waals surface area contributed by atoms with Crippen LogP contribution in [0.15, 0.2) is 48.5 Å². The van der Waals surface area contributed by atoms with E-state index >= 15 is 0 Å². The molecule has 2 N–H and O–H groups in total. The average molecular weight is 414 g/mol. The van der Waals surface area contributed by atoms with Gasteiger partial charge in [-0.3, -0.25) is 14.4 Å². The topological polar surface area (TPSA) is 78.5 Å². The van der Waals surface area contributed by atoms with E-state index in [4.69, 9.17) is 11.6 Å². The Morgan fingerprint density at radius 2 is 1.83 bits per heavy atom. The minimum atomic E-state index is -0.310. The maximum Gasteiger partial charge on any atom is 0.257 e. The molecule has 29 heavy (non-hydrogen) atoms. The number of carbonyl (C=O) groups is 3. The molecule has 3 rings (SSSR count). The Labute approximate surface area is 175 Å². The predicted octanol–water partition coefficient (Wildman–Crippen LogP) is 3.58. The molecular formula is C22H24ClN3O3. The van der Waals surface area contributed by atoms with Crippen LogP contribution >= 0.6 is 11.6 Å². The fraction of sp³-hybridized carbons (Fsp3) is 0.318. The summed E-state index contributed by atoms with van der Waals surface area (Å²) in [6, 6.07) is 13.6. The normalized spacial score (nSPS) is 16.2. The highest BCUT2D eigenvalue weighted by Crippen LogP contribution is 2.21. The van der Waals surface area contributed by atoms with Gasteiger partial charge in [-0.2, -0.15) is 0 Å². The molecule has 1 heterocycles. The van der Waals surface area contributed by atoms with Gasteiger partial charge in [0.25, 0.3) is 11.8 Å². The lowest BCUT2D eigenvalue weighted by molar-refractivity contribution is -0.126. The van der Waals surface area contributed by atoms with E-state index < -0.39 is 0 Å². The number of carbonyl (C=O) groups excluding carboxylic acids is 3. The molecule has 7 heteroatoms. The SMILES string of the molecule is CCNC(=O)C1CCCN(C(=O)c2ccc(NC(=O)c3ccccc3Cl)cc2)C1. The van der Waals surface area contributed by atoms with Crippen molar-refractivity contribution in [1.82, 2.24) is 10.2 Å². The van der Waals surface area contributed by atoms with Crippen LogP contribution in [-0.2, 0) is 4.79 Å². The molecule has 0 aliphatic carbocycles. The van der Waals surface area contributed by atoms with Crippen molar-refractivity contribution in [3.8, 4) is 0 Å². The molecule has 1 aliphatic rings. The predicted molar refractivity (Wildman–Crippen MR) is 113 cm³/mol. The van der Waals surface area contributed by atoms with Crippen molar-refractivity contribution >= 4 is 35.0 Å². The van der Waals surface area contributed by atoms with Crippen LogP contribution < -0.4 is 10.6 Å². The first-order valence-electron chi connectivity index (χ1n) is 9.72. The number of benzene rings is 2. The molecule has 152 valence electrons. The van der Waals surface area contributed by atoms with Crippen molar-refractivity contribution in [2.45, 2.75) is 19.8 Å². The highest BCUT2D eigenvalue weighted by molar-refractivity contribution is 6.34. The maximum atomic E-state index is 12.8. The third-order valence-corrected chi connectivity index (χ3v) is 5.27. The van der Waals surface area contributed by atoms with Crippen LogP contribution in [0.1, 0.15) is 40.5 Å². The molecule has 1 fully saturated rings. The van der Waals surface area contributed by atoms with Crippen molar-refractivity contribution in [3.63, 3.8) is 0 Å². The molecule has 3 amide bonds. The zero-order chi connectivity index (χ0) is 20.8. The largest absolute Gasteiger partial charge is 0.356 e. The number of hydrogen-bond donors (Lipinski definition) is 2. The van der Waals surface area contributed by atoms with E-state index in [2.05, 4.69) is 10.6 Å². The molecule has 2 aromatic rings. The number of hydrogen-bond acceptors (Lipinski definition) is 3. The quantitative estimate of drug-likeness (QED) is 0.786. The Morgan fingerprint density at radius 1 is 1.10 bits per heavy atom. The summed E-state index contributed by atoms with van der Waals surface area (Å²) in [5.74, 6) is -0.581. The van der Waals surface area contributed by atoms with Crippen LogP contribution in [0.25, 0.3) is 0 Å². The third kappa shape index (κ3) is 5.15. The first-order valence-corrected chi connectivity index (χ1v) is 10.1. The molecule has 1 atom stereocenters. The Kier molecular flexibility index (Phi) is 6.88. The maximum absolute atomic E-state index is 12.8. The summed E-state index contributed by atoms with van der Waals surface area (Å²) in [5, 5.41) is 5.99. The van der Waals surface area contributed by atoms with Crippen LogP contribution in [-0.4, -0.2) is 42.3 Å². The van der Waals surface area contributed by atoms with E-state index in [1.165, 1.54) is 0 Å². The van der Waals surface area contributed by atoms with E-state index in [0.29, 0.717) is 41.5 Å². The molecule has 0 aromatic heterocycles. The summed E-state index contributed by atoms with van der Waals surface area (Å²) < 4.78 is 0. The minimum Gasteiger partial charge on any atom is -0.356 e. The van der Waals surface area contributed by atoms with E-state index in [0.717, 1.165) is 12.8 Å². The number of piperidine rings is 1. The number of rotatable bonds is 5. The Balaban J connectivity index is 1.63. The zero-order valence-electron chi connectivity index (χ0n) is 16.3. The summed E-state index contributed by atoms with van der Waals surface area (Å²) >= 11 is 6.05. The van der Waals surface area contributed by atoms with E-state index in [1.54, 1.807) is 53.4 Å². The van der Waals surface area contributed by atoms with Gasteiger partial charge in [0, 0.05) is 30.9 Å². The molecular weight excluding hydrogens is 390 g/mol. The second-order valence-corrected chi connectivity index (χ2v) is 7.40. The van der Waals surface area contributed by atoms with Crippen molar-refractivity contribution in [3.05, 3.63) is 64.7 Å². The lowest BCUT2D eigenvalue weighted by Gasteiger charge is -2.32. The molecule has 0 spiro atoms. The van der Waals surface area contributed by atoms with Gasteiger partial charge < -0.3 is 15.5 Å². The van der Waals surface area contributed by atoms with Gasteiger partial charge in [-0.1, -0.05) is 23.7 Å². The van der Waals surface area contributed by atoms with Crippen LogP contribution in [0.5, 0.6) is 0 Å². The van der Waals surface area contributed by atoms with Crippen LogP contribution in [0.4, 0.5) is 5.69 Å². The Morgan fingerprint density at radius 3 is 2.52 bits per heavy atom. The summed E-state index contributed by atoms with van der Waals surface area (Å²) in [7, 11) is 0. The van der Waals surface area contributed by atoms with Gasteiger partial charge in [0.1, 0.15) is 0 Å². The van der Waals surface area contributed by atoms with Crippen molar-refractivity contribution in [2.24, 2.45) is 5.92 Å². The van der Waals surface area contributed by atoms with Crippen molar-refractivity contribution in [1.29, 1.82) is 0 Å². The summed E-state index contributed by atoms with van der Waals surface area (Å²) in [4.78, 5) is 39.0. The van der Waals surface area contributed by atoms with Crippen molar-refractivity contribution < 1.29 is 14.4 Å². The number of anilines is 1. The molecule has 0 radical (unpaired) electrons. The molecule has 1 unspecified atom stereocenters. The van der Waals surface area contributed by atoms with Gasteiger partial charge >= 0.3 is 0 Å². The number of nitrogens with zero attached hydrogens (tertiary/aromatic N) is 1. The highest BCUT2D eigenvalue weighted by Gasteiger charge is 2.28. The zero-order valence-corrected chi connectivity index (χ0v) is 17.0. The second kappa shape index (κ2) is 9.56. The van der Waals surface area contributed by atoms with E-state index in [-0.39, 0.29) is 23.6 Å². The van der Waals surface area contributed by atoms with Gasteiger partial charge in [0.2, 0.25) is 5.91 Å². The first kappa shape index (κ1) is 20.9. The smallest absolute Gasteiger partial charge is 0.257 e. The fourth-order valence-corrected chi connectivity index (χ4v) is 3.64. The Hall–Kier alpha value is -2.86. The van der Waals surface area contributed by atoms with Crippen LogP contribution in [0, 0.1) is 5.92 Å². The minimum absolute atomic E-state index is 0.00244. The van der Waals surface area contributed by atoms with Gasteiger partial charge in [-0.15, -0.1) is 0 Å². The number of amides is 3. The van der Waals surface area contributed by atoms with Crippen LogP contribution in [0.2, 0.25) is 5.02 Å². The van der Waals surface area contributed by atoms with Crippen LogP contribution in [0.3, 0.4) is 0 Å². The number of likely N-dealkylation sites (tertiary alicyclic amines) is 1. The van der Waals surface area contributed by atoms with Gasteiger partial charge in [-0.25, -0.2) is 0 Å². The number of nitrogens with one attached hydrogen (secondary N) is 2. The van der Waals surface area contributed by atoms with E-state index in [1.807, 2.05) is 6.92 Å². The lowest BCUT2D eigenvalue weighted by Crippen LogP contribution is -2.45. The summed E-state index contributed by atoms with van der Waals surface area (Å²) in [6.45, 7) is 3.54. The molecule has 0 saturated carbocycles. The summed E-state index contributed by atoms with van der Waals surface area (Å²) in [5.41, 5.74) is 1.49. The average Bonchev–Trinajstić information content (AvgIpc) is 2.74. The Bertz CT molecular complexity index is 898. The molecule has 1 aliphatic heterocycles. The standard InChI is InChI=1S/C22H24ClN3O3/c1-2-24-20(27)16-6-5-13-26(14-16)22(29)15-9-11-17(12-10-15)25-21(28)18-7-3-4-8-19(18)23/h3-4,7-12,16H,2,5-6,13-14H2,1H3,(H,24,27)(H,25,28). The first-order chi connectivity index (χ1) is 14.0. The highest BCUT2D eigenvalue weighted by atomic mass is 35.5. The summed E-state index contributed by atoms with van der Waals surface area (Å²) in [6.07, 6.45) is 1.60. The van der Waals surface area contributed by atoms with Gasteiger partial charge in [-0.05, 0) is 56.2 Å². The van der Waals surface area contributed by atoms with Gasteiger partial charge in [0.05, 0.1) is 16.5 Å². The van der Waals surface area contributed by atoms with Gasteiger partial charge in [0.15, 0.2) is 0 Å². The molecule has 2 aromatic carbocycles.